The lowest BCUT2D eigenvalue weighted by Gasteiger charge is -2.46. The minimum atomic E-state index is -3.46. The Bertz CT molecular complexity index is 1290. The van der Waals surface area contributed by atoms with Crippen LogP contribution in [0.1, 0.15) is 74.3 Å². The Morgan fingerprint density at radius 2 is 1.83 bits per heavy atom. The molecule has 2 aliphatic heterocycles. The number of anilines is 1. The van der Waals surface area contributed by atoms with Crippen LogP contribution in [-0.4, -0.2) is 53.2 Å². The molecule has 0 radical (unpaired) electrons. The summed E-state index contributed by atoms with van der Waals surface area (Å²) in [5.74, 6) is 1.65. The molecule has 3 heterocycles. The molecule has 1 saturated heterocycles. The van der Waals surface area contributed by atoms with Gasteiger partial charge < -0.3 is 15.1 Å². The first kappa shape index (κ1) is 24.3. The van der Waals surface area contributed by atoms with Crippen LogP contribution in [-0.2, 0) is 23.1 Å². The first-order valence-electron chi connectivity index (χ1n) is 12.4. The number of piperidine rings is 1. The first-order chi connectivity index (χ1) is 16.6. The van der Waals surface area contributed by atoms with E-state index in [4.69, 9.17) is 9.98 Å². The molecule has 2 N–H and O–H groups in total. The molecule has 2 aromatic rings. The molecule has 0 spiro atoms. The van der Waals surface area contributed by atoms with Crippen molar-refractivity contribution < 1.29 is 18.6 Å². The Kier molecular flexibility index (Phi) is 6.22. The van der Waals surface area contributed by atoms with Crippen molar-refractivity contribution in [3.05, 3.63) is 40.7 Å². The maximum atomic E-state index is 12.4. The van der Waals surface area contributed by atoms with Gasteiger partial charge in [0.15, 0.2) is 9.84 Å². The second-order valence-electron chi connectivity index (χ2n) is 10.6. The van der Waals surface area contributed by atoms with Gasteiger partial charge in [0.05, 0.1) is 35.5 Å². The molecular formula is C26H34N4O4S. The van der Waals surface area contributed by atoms with E-state index >= 15 is 0 Å². The molecule has 0 bridgehead atoms. The van der Waals surface area contributed by atoms with Gasteiger partial charge >= 0.3 is 0 Å². The van der Waals surface area contributed by atoms with E-state index < -0.39 is 9.84 Å². The summed E-state index contributed by atoms with van der Waals surface area (Å²) < 4.78 is 24.7. The molecule has 8 nitrogen and oxygen atoms in total. The maximum absolute atomic E-state index is 12.4. The van der Waals surface area contributed by atoms with E-state index in [-0.39, 0.29) is 41.9 Å². The number of aliphatic hydroxyl groups is 2. The zero-order chi connectivity index (χ0) is 25.1. The van der Waals surface area contributed by atoms with Crippen LogP contribution < -0.4 is 4.90 Å². The second kappa shape index (κ2) is 8.94. The normalized spacial score (nSPS) is 24.3. The summed E-state index contributed by atoms with van der Waals surface area (Å²) in [7, 11) is -3.46. The van der Waals surface area contributed by atoms with Gasteiger partial charge in [0.1, 0.15) is 0 Å². The lowest BCUT2D eigenvalue weighted by Crippen LogP contribution is -2.54. The van der Waals surface area contributed by atoms with Crippen molar-refractivity contribution in [1.82, 2.24) is 9.97 Å². The lowest BCUT2D eigenvalue weighted by molar-refractivity contribution is 0.278. The molecule has 188 valence electrons. The predicted molar refractivity (Wildman–Crippen MR) is 135 cm³/mol. The van der Waals surface area contributed by atoms with E-state index in [1.165, 1.54) is 6.26 Å². The summed E-state index contributed by atoms with van der Waals surface area (Å²) in [5, 5.41) is 19.6. The fourth-order valence-electron chi connectivity index (χ4n) is 5.82. The van der Waals surface area contributed by atoms with Crippen LogP contribution in [0.5, 0.6) is 0 Å². The number of aliphatic imine (C=N–C) groups is 1. The van der Waals surface area contributed by atoms with Gasteiger partial charge in [0.2, 0.25) is 5.95 Å². The molecule has 9 heteroatoms. The Hall–Kier alpha value is -2.36. The number of sulfone groups is 1. The molecule has 1 aliphatic carbocycles. The van der Waals surface area contributed by atoms with Crippen molar-refractivity contribution in [2.75, 3.05) is 17.7 Å². The fourth-order valence-corrected chi connectivity index (χ4v) is 6.76. The predicted octanol–water partition coefficient (Wildman–Crippen LogP) is 3.48. The summed E-state index contributed by atoms with van der Waals surface area (Å²) in [4.78, 5) is 17.1. The molecule has 1 aromatic heterocycles. The molecular weight excluding hydrogens is 464 g/mol. The van der Waals surface area contributed by atoms with Gasteiger partial charge in [-0.3, -0.25) is 4.99 Å². The summed E-state index contributed by atoms with van der Waals surface area (Å²) in [5.41, 5.74) is 4.89. The van der Waals surface area contributed by atoms with Crippen LogP contribution in [0.4, 0.5) is 11.6 Å². The smallest absolute Gasteiger partial charge is 0.226 e. The SMILES string of the molecule is CC(C)C1C2=Nc3cc(CO)c(S(C)(=O)=O)cc3C(C)C2CCN1c1ncc(CO)c(C2CC2)n1. The Balaban J connectivity index is 1.60. The number of fused-ring (bicyclic) bond motifs is 2. The zero-order valence-corrected chi connectivity index (χ0v) is 21.6. The molecule has 3 atom stereocenters. The molecule has 3 unspecified atom stereocenters. The van der Waals surface area contributed by atoms with Crippen molar-refractivity contribution in [2.45, 2.75) is 76.0 Å². The Labute approximate surface area is 207 Å². The monoisotopic (exact) mass is 498 g/mol. The molecule has 1 aromatic carbocycles. The first-order valence-corrected chi connectivity index (χ1v) is 14.3. The standard InChI is InChI=1S/C26H34N4O4S/c1-14(2)25-24-19(7-8-30(25)26-27-11-18(13-32)23(29-26)16-5-6-16)15(3)20-10-22(35(4,33)34)17(12-31)9-21(20)28-24/h9-11,14-16,19,25,31-32H,5-8,12-13H2,1-4H3. The van der Waals surface area contributed by atoms with Crippen molar-refractivity contribution in [3.8, 4) is 0 Å². The number of nitrogens with zero attached hydrogens (tertiary/aromatic N) is 4. The van der Waals surface area contributed by atoms with E-state index in [2.05, 4.69) is 30.7 Å². The number of hydrogen-bond donors (Lipinski definition) is 2. The molecule has 1 saturated carbocycles. The third kappa shape index (κ3) is 4.27. The minimum Gasteiger partial charge on any atom is -0.392 e. The maximum Gasteiger partial charge on any atom is 0.226 e. The van der Waals surface area contributed by atoms with Crippen LogP contribution in [0, 0.1) is 11.8 Å². The highest BCUT2D eigenvalue weighted by atomic mass is 32.2. The molecule has 5 rings (SSSR count). The zero-order valence-electron chi connectivity index (χ0n) is 20.8. The number of aromatic nitrogens is 2. The van der Waals surface area contributed by atoms with E-state index in [0.717, 1.165) is 54.0 Å². The van der Waals surface area contributed by atoms with Gasteiger partial charge in [-0.1, -0.05) is 20.8 Å². The summed E-state index contributed by atoms with van der Waals surface area (Å²) in [6.07, 6.45) is 6.01. The van der Waals surface area contributed by atoms with Crippen LogP contribution in [0.25, 0.3) is 0 Å². The van der Waals surface area contributed by atoms with Gasteiger partial charge in [0, 0.05) is 42.1 Å². The van der Waals surface area contributed by atoms with Crippen molar-refractivity contribution in [2.24, 2.45) is 16.8 Å². The third-order valence-corrected chi connectivity index (χ3v) is 8.91. The van der Waals surface area contributed by atoms with Crippen LogP contribution in [0.3, 0.4) is 0 Å². The number of benzene rings is 1. The number of hydrogen-bond acceptors (Lipinski definition) is 8. The Morgan fingerprint density at radius 1 is 1.11 bits per heavy atom. The quantitative estimate of drug-likeness (QED) is 0.626. The number of rotatable bonds is 6. The minimum absolute atomic E-state index is 0.00328. The van der Waals surface area contributed by atoms with E-state index in [1.54, 1.807) is 18.3 Å². The van der Waals surface area contributed by atoms with Gasteiger partial charge in [0.25, 0.3) is 0 Å². The summed E-state index contributed by atoms with van der Waals surface area (Å²) in [6, 6.07) is 3.46. The van der Waals surface area contributed by atoms with E-state index in [9.17, 15) is 18.6 Å². The molecule has 0 amide bonds. The van der Waals surface area contributed by atoms with Crippen LogP contribution >= 0.6 is 0 Å². The van der Waals surface area contributed by atoms with E-state index in [0.29, 0.717) is 17.4 Å². The summed E-state index contributed by atoms with van der Waals surface area (Å²) in [6.45, 7) is 6.88. The van der Waals surface area contributed by atoms with Gasteiger partial charge in [-0.05, 0) is 54.4 Å². The second-order valence-corrected chi connectivity index (χ2v) is 12.5. The molecule has 2 fully saturated rings. The fraction of sp³-hybridized carbons (Fsp3) is 0.577. The topological polar surface area (TPSA) is 116 Å². The van der Waals surface area contributed by atoms with Crippen molar-refractivity contribution in [1.29, 1.82) is 0 Å². The highest BCUT2D eigenvalue weighted by Crippen LogP contribution is 2.46. The van der Waals surface area contributed by atoms with Gasteiger partial charge in [-0.2, -0.15) is 0 Å². The average molecular weight is 499 g/mol. The summed E-state index contributed by atoms with van der Waals surface area (Å²) >= 11 is 0. The van der Waals surface area contributed by atoms with Crippen molar-refractivity contribution in [3.63, 3.8) is 0 Å². The van der Waals surface area contributed by atoms with Gasteiger partial charge in [-0.25, -0.2) is 18.4 Å². The van der Waals surface area contributed by atoms with Gasteiger partial charge in [-0.15, -0.1) is 0 Å². The highest BCUT2D eigenvalue weighted by molar-refractivity contribution is 7.90. The molecule has 3 aliphatic rings. The third-order valence-electron chi connectivity index (χ3n) is 7.73. The van der Waals surface area contributed by atoms with Crippen LogP contribution in [0.15, 0.2) is 28.2 Å². The average Bonchev–Trinajstić information content (AvgIpc) is 3.67. The van der Waals surface area contributed by atoms with E-state index in [1.807, 2.05) is 0 Å². The largest absolute Gasteiger partial charge is 0.392 e. The number of aliphatic hydroxyl groups excluding tert-OH is 2. The molecule has 35 heavy (non-hydrogen) atoms. The lowest BCUT2D eigenvalue weighted by atomic mass is 9.72. The van der Waals surface area contributed by atoms with Crippen molar-refractivity contribution >= 4 is 27.2 Å². The highest BCUT2D eigenvalue weighted by Gasteiger charge is 2.43. The Morgan fingerprint density at radius 3 is 2.43 bits per heavy atom. The van der Waals surface area contributed by atoms with Crippen LogP contribution in [0.2, 0.25) is 0 Å².